The number of nitrogens with zero attached hydrogens (tertiary/aromatic N) is 3. The highest BCUT2D eigenvalue weighted by molar-refractivity contribution is 6.06. The van der Waals surface area contributed by atoms with Gasteiger partial charge in [-0.25, -0.2) is 0 Å². The number of piperidine rings is 1. The highest BCUT2D eigenvalue weighted by Crippen LogP contribution is 2.28. The van der Waals surface area contributed by atoms with E-state index in [1.54, 1.807) is 13.3 Å². The van der Waals surface area contributed by atoms with Gasteiger partial charge >= 0.3 is 0 Å². The van der Waals surface area contributed by atoms with Crippen LogP contribution < -0.4 is 4.74 Å². The number of amides is 1. The molecule has 1 saturated heterocycles. The molecule has 1 unspecified atom stereocenters. The molecule has 0 saturated carbocycles. The van der Waals surface area contributed by atoms with E-state index in [9.17, 15) is 4.79 Å². The minimum atomic E-state index is 0.0768. The Morgan fingerprint density at radius 2 is 1.94 bits per heavy atom. The molecule has 5 nitrogen and oxygen atoms in total. The molecule has 1 fully saturated rings. The fourth-order valence-corrected chi connectivity index (χ4v) is 4.66. The van der Waals surface area contributed by atoms with Gasteiger partial charge in [-0.15, -0.1) is 0 Å². The number of fused-ring (bicyclic) bond motifs is 1. The first kappa shape index (κ1) is 21.1. The highest BCUT2D eigenvalue weighted by atomic mass is 16.5. The molecule has 4 aromatic rings. The Kier molecular flexibility index (Phi) is 6.03. The third kappa shape index (κ3) is 4.58. The quantitative estimate of drug-likeness (QED) is 0.428. The van der Waals surface area contributed by atoms with Gasteiger partial charge in [0.15, 0.2) is 0 Å². The topological polar surface area (TPSA) is 55.3 Å². The summed E-state index contributed by atoms with van der Waals surface area (Å²) in [6, 6.07) is 22.0. The first-order valence-electron chi connectivity index (χ1n) is 11.4. The van der Waals surface area contributed by atoms with Crippen molar-refractivity contribution >= 4 is 16.8 Å². The molecule has 1 atom stereocenters. The van der Waals surface area contributed by atoms with Crippen LogP contribution in [0.1, 0.15) is 45.9 Å². The molecule has 1 aliphatic heterocycles. The van der Waals surface area contributed by atoms with Crippen LogP contribution in [0, 0.1) is 0 Å². The number of ether oxygens (including phenoxy) is 1. The number of rotatable bonds is 5. The third-order valence-electron chi connectivity index (χ3n) is 6.39. The second-order valence-corrected chi connectivity index (χ2v) is 8.59. The molecule has 0 radical (unpaired) electrons. The molecule has 3 heterocycles. The Labute approximate surface area is 194 Å². The van der Waals surface area contributed by atoms with Crippen LogP contribution in [0.2, 0.25) is 0 Å². The van der Waals surface area contributed by atoms with Crippen LogP contribution in [0.25, 0.3) is 10.9 Å². The Bertz CT molecular complexity index is 1260. The van der Waals surface area contributed by atoms with Crippen molar-refractivity contribution in [2.75, 3.05) is 20.2 Å². The van der Waals surface area contributed by atoms with Gasteiger partial charge in [0.05, 0.1) is 12.6 Å². The molecule has 2 aromatic heterocycles. The summed E-state index contributed by atoms with van der Waals surface area (Å²) in [6.07, 6.45) is 6.56. The predicted octanol–water partition coefficient (Wildman–Crippen LogP) is 5.25. The molecule has 0 aliphatic carbocycles. The molecule has 0 bridgehead atoms. The lowest BCUT2D eigenvalue weighted by atomic mass is 9.93. The number of hydrogen-bond donors (Lipinski definition) is 0. The number of hydrogen-bond acceptors (Lipinski definition) is 4. The summed E-state index contributed by atoms with van der Waals surface area (Å²) in [6.45, 7) is 1.47. The molecule has 5 heteroatoms. The second kappa shape index (κ2) is 9.41. The van der Waals surface area contributed by atoms with Gasteiger partial charge in [-0.3, -0.25) is 14.8 Å². The number of benzene rings is 2. The van der Waals surface area contributed by atoms with Crippen molar-refractivity contribution in [1.29, 1.82) is 0 Å². The standard InChI is InChI=1S/C28H27N3O2/c1-33-23-8-2-6-20(17-23)16-21-12-13-26(30-18-21)22-7-5-15-31(19-22)28(32)25-9-3-11-27-24(25)10-4-14-29-27/h2-4,6,8-14,17-18,22H,5,7,15-16,19H2,1H3. The maximum atomic E-state index is 13.4. The summed E-state index contributed by atoms with van der Waals surface area (Å²) >= 11 is 0. The van der Waals surface area contributed by atoms with Gasteiger partial charge in [-0.2, -0.15) is 0 Å². The Morgan fingerprint density at radius 1 is 1.03 bits per heavy atom. The summed E-state index contributed by atoms with van der Waals surface area (Å²) < 4.78 is 5.32. The summed E-state index contributed by atoms with van der Waals surface area (Å²) in [5, 5.41) is 0.909. The SMILES string of the molecule is COc1cccc(Cc2ccc(C3CCCN(C(=O)c4cccc5ncccc45)C3)nc2)c1. The van der Waals surface area contributed by atoms with Crippen molar-refractivity contribution in [3.8, 4) is 5.75 Å². The van der Waals surface area contributed by atoms with E-state index in [0.29, 0.717) is 6.54 Å². The van der Waals surface area contributed by atoms with E-state index >= 15 is 0 Å². The van der Waals surface area contributed by atoms with Crippen molar-refractivity contribution < 1.29 is 9.53 Å². The van der Waals surface area contributed by atoms with E-state index in [1.165, 1.54) is 11.1 Å². The minimum Gasteiger partial charge on any atom is -0.497 e. The van der Waals surface area contributed by atoms with Crippen molar-refractivity contribution in [3.05, 3.63) is 102 Å². The monoisotopic (exact) mass is 437 g/mol. The second-order valence-electron chi connectivity index (χ2n) is 8.59. The first-order valence-corrected chi connectivity index (χ1v) is 11.4. The minimum absolute atomic E-state index is 0.0768. The van der Waals surface area contributed by atoms with Crippen molar-refractivity contribution in [2.45, 2.75) is 25.2 Å². The lowest BCUT2D eigenvalue weighted by molar-refractivity contribution is 0.0708. The molecule has 0 N–H and O–H groups in total. The average Bonchev–Trinajstić information content (AvgIpc) is 2.88. The zero-order valence-electron chi connectivity index (χ0n) is 18.8. The van der Waals surface area contributed by atoms with Gasteiger partial charge in [0.1, 0.15) is 5.75 Å². The number of aromatic nitrogens is 2. The molecular formula is C28H27N3O2. The lowest BCUT2D eigenvalue weighted by Gasteiger charge is -2.33. The van der Waals surface area contributed by atoms with Crippen LogP contribution in [0.4, 0.5) is 0 Å². The maximum Gasteiger partial charge on any atom is 0.254 e. The zero-order valence-corrected chi connectivity index (χ0v) is 18.8. The van der Waals surface area contributed by atoms with E-state index in [1.807, 2.05) is 53.6 Å². The van der Waals surface area contributed by atoms with Crippen LogP contribution in [0.5, 0.6) is 5.75 Å². The molecule has 5 rings (SSSR count). The number of pyridine rings is 2. The van der Waals surface area contributed by atoms with E-state index in [-0.39, 0.29) is 11.8 Å². The van der Waals surface area contributed by atoms with E-state index in [4.69, 9.17) is 9.72 Å². The fraction of sp³-hybridized carbons (Fsp3) is 0.250. The molecule has 33 heavy (non-hydrogen) atoms. The van der Waals surface area contributed by atoms with Crippen LogP contribution >= 0.6 is 0 Å². The summed E-state index contributed by atoms with van der Waals surface area (Å²) in [5.41, 5.74) is 5.00. The van der Waals surface area contributed by atoms with Crippen LogP contribution in [0.15, 0.2) is 79.1 Å². The number of carbonyl (C=O) groups excluding carboxylic acids is 1. The molecular weight excluding hydrogens is 410 g/mol. The van der Waals surface area contributed by atoms with Crippen LogP contribution in [0.3, 0.4) is 0 Å². The zero-order chi connectivity index (χ0) is 22.6. The first-order chi connectivity index (χ1) is 16.2. The average molecular weight is 438 g/mol. The van der Waals surface area contributed by atoms with Crippen molar-refractivity contribution in [2.24, 2.45) is 0 Å². The third-order valence-corrected chi connectivity index (χ3v) is 6.39. The smallest absolute Gasteiger partial charge is 0.254 e. The molecule has 1 aliphatic rings. The summed E-state index contributed by atoms with van der Waals surface area (Å²) in [5.74, 6) is 1.20. The molecule has 2 aromatic carbocycles. The maximum absolute atomic E-state index is 13.4. The van der Waals surface area contributed by atoms with E-state index < -0.39 is 0 Å². The highest BCUT2D eigenvalue weighted by Gasteiger charge is 2.27. The Morgan fingerprint density at radius 3 is 2.79 bits per heavy atom. The predicted molar refractivity (Wildman–Crippen MR) is 130 cm³/mol. The van der Waals surface area contributed by atoms with Crippen molar-refractivity contribution in [1.82, 2.24) is 14.9 Å². The molecule has 166 valence electrons. The number of carbonyl (C=O) groups is 1. The van der Waals surface area contributed by atoms with E-state index in [2.05, 4.69) is 29.2 Å². The van der Waals surface area contributed by atoms with Gasteiger partial charge in [0.2, 0.25) is 0 Å². The molecule has 1 amide bonds. The van der Waals surface area contributed by atoms with Crippen LogP contribution in [-0.2, 0) is 6.42 Å². The summed E-state index contributed by atoms with van der Waals surface area (Å²) in [4.78, 5) is 24.5. The van der Waals surface area contributed by atoms with Gasteiger partial charge in [-0.05, 0) is 66.8 Å². The van der Waals surface area contributed by atoms with Gasteiger partial charge in [-0.1, -0.05) is 30.3 Å². The van der Waals surface area contributed by atoms with Gasteiger partial charge < -0.3 is 9.64 Å². The van der Waals surface area contributed by atoms with Crippen LogP contribution in [-0.4, -0.2) is 41.0 Å². The summed E-state index contributed by atoms with van der Waals surface area (Å²) in [7, 11) is 1.69. The van der Waals surface area contributed by atoms with Gasteiger partial charge in [0.25, 0.3) is 5.91 Å². The van der Waals surface area contributed by atoms with E-state index in [0.717, 1.165) is 53.7 Å². The Balaban J connectivity index is 1.30. The van der Waals surface area contributed by atoms with Crippen molar-refractivity contribution in [3.63, 3.8) is 0 Å². The lowest BCUT2D eigenvalue weighted by Crippen LogP contribution is -2.39. The number of likely N-dealkylation sites (tertiary alicyclic amines) is 1. The molecule has 0 spiro atoms. The normalized spacial score (nSPS) is 16.0. The Hall–Kier alpha value is -3.73. The van der Waals surface area contributed by atoms with Gasteiger partial charge in [0, 0.05) is 48.0 Å². The number of methoxy groups -OCH3 is 1. The fourth-order valence-electron chi connectivity index (χ4n) is 4.66. The largest absolute Gasteiger partial charge is 0.497 e.